The largest absolute Gasteiger partial charge is 0.486 e. The van der Waals surface area contributed by atoms with Gasteiger partial charge in [0, 0.05) is 23.2 Å². The van der Waals surface area contributed by atoms with Crippen molar-refractivity contribution in [1.82, 2.24) is 15.1 Å². The van der Waals surface area contributed by atoms with Gasteiger partial charge < -0.3 is 14.0 Å². The van der Waals surface area contributed by atoms with Crippen LogP contribution < -0.4 is 4.74 Å². The van der Waals surface area contributed by atoms with Crippen molar-refractivity contribution in [3.8, 4) is 17.1 Å². The van der Waals surface area contributed by atoms with Gasteiger partial charge >= 0.3 is 5.97 Å². The van der Waals surface area contributed by atoms with Crippen LogP contribution in [0, 0.1) is 5.92 Å². The van der Waals surface area contributed by atoms with Gasteiger partial charge in [0.15, 0.2) is 11.5 Å². The summed E-state index contributed by atoms with van der Waals surface area (Å²) >= 11 is 0. The SMILES string of the molecule is CC.CC.CCOC(=O)c1cc(-c2ccc(C(C)(c3ccc(OCc4ccccn4)cn3)C(C)C)cc2)on1. The van der Waals surface area contributed by atoms with Crippen molar-refractivity contribution in [3.05, 3.63) is 95.7 Å². The molecule has 0 saturated heterocycles. The number of rotatable bonds is 9. The molecule has 4 rings (SSSR count). The molecule has 39 heavy (non-hydrogen) atoms. The van der Waals surface area contributed by atoms with E-state index in [-0.39, 0.29) is 23.6 Å². The molecule has 0 amide bonds. The summed E-state index contributed by atoms with van der Waals surface area (Å²) in [6.45, 7) is 17.0. The van der Waals surface area contributed by atoms with E-state index >= 15 is 0 Å². The van der Waals surface area contributed by atoms with Crippen molar-refractivity contribution >= 4 is 5.97 Å². The van der Waals surface area contributed by atoms with Crippen LogP contribution in [0.3, 0.4) is 0 Å². The van der Waals surface area contributed by atoms with Crippen LogP contribution >= 0.6 is 0 Å². The number of hydrogen-bond donors (Lipinski definition) is 0. The summed E-state index contributed by atoms with van der Waals surface area (Å²) in [5.74, 6) is 0.994. The molecule has 1 aromatic carbocycles. The van der Waals surface area contributed by atoms with Gasteiger partial charge in [0.05, 0.1) is 24.2 Å². The first kappa shape index (κ1) is 31.2. The molecular weight excluding hydrogens is 490 g/mol. The van der Waals surface area contributed by atoms with Crippen molar-refractivity contribution in [2.24, 2.45) is 5.92 Å². The predicted octanol–water partition coefficient (Wildman–Crippen LogP) is 7.90. The second kappa shape index (κ2) is 15.4. The van der Waals surface area contributed by atoms with E-state index in [4.69, 9.17) is 19.0 Å². The maximum atomic E-state index is 11.9. The summed E-state index contributed by atoms with van der Waals surface area (Å²) in [6.07, 6.45) is 3.51. The number of aromatic nitrogens is 3. The highest BCUT2D eigenvalue weighted by Crippen LogP contribution is 2.39. The van der Waals surface area contributed by atoms with E-state index in [9.17, 15) is 4.79 Å². The Labute approximate surface area is 232 Å². The average Bonchev–Trinajstić information content (AvgIpc) is 3.49. The monoisotopic (exact) mass is 531 g/mol. The van der Waals surface area contributed by atoms with Crippen LogP contribution in [0.1, 0.15) is 82.8 Å². The molecule has 0 aliphatic rings. The third-order valence-corrected chi connectivity index (χ3v) is 6.30. The fraction of sp³-hybridized carbons (Fsp3) is 0.375. The van der Waals surface area contributed by atoms with Gasteiger partial charge in [-0.15, -0.1) is 0 Å². The molecule has 4 aromatic rings. The van der Waals surface area contributed by atoms with Crippen LogP contribution in [0.25, 0.3) is 11.3 Å². The van der Waals surface area contributed by atoms with Gasteiger partial charge in [-0.3, -0.25) is 9.97 Å². The van der Waals surface area contributed by atoms with Crippen molar-refractivity contribution in [2.45, 2.75) is 67.4 Å². The molecule has 1 unspecified atom stereocenters. The average molecular weight is 532 g/mol. The zero-order valence-corrected chi connectivity index (χ0v) is 24.4. The summed E-state index contributed by atoms with van der Waals surface area (Å²) in [5, 5.41) is 3.83. The van der Waals surface area contributed by atoms with Crippen LogP contribution in [-0.4, -0.2) is 27.7 Å². The Morgan fingerprint density at radius 1 is 0.974 bits per heavy atom. The fourth-order valence-corrected chi connectivity index (χ4v) is 3.88. The molecule has 0 bridgehead atoms. The maximum Gasteiger partial charge on any atom is 0.360 e. The molecule has 0 N–H and O–H groups in total. The molecule has 0 aliphatic carbocycles. The molecule has 3 heterocycles. The van der Waals surface area contributed by atoms with Gasteiger partial charge in [-0.2, -0.15) is 0 Å². The zero-order valence-electron chi connectivity index (χ0n) is 24.4. The van der Waals surface area contributed by atoms with Gasteiger partial charge in [0.25, 0.3) is 0 Å². The van der Waals surface area contributed by atoms with E-state index in [2.05, 4.69) is 43.0 Å². The standard InChI is InChI=1S/C28H29N3O4.2C2H6/c1-5-33-27(32)24-16-25(35-31-24)20-9-11-21(12-10-20)28(4,19(2)3)26-14-13-23(17-30-26)34-18-22-8-6-7-15-29-22;2*1-2/h6-17,19H,5,18H2,1-4H3;2*1-2H3. The molecule has 0 spiro atoms. The number of nitrogens with zero attached hydrogens (tertiary/aromatic N) is 3. The second-order valence-electron chi connectivity index (χ2n) is 8.72. The first-order valence-electron chi connectivity index (χ1n) is 13.7. The fourth-order valence-electron chi connectivity index (χ4n) is 3.88. The van der Waals surface area contributed by atoms with E-state index in [0.29, 0.717) is 18.1 Å². The summed E-state index contributed by atoms with van der Waals surface area (Å²) in [4.78, 5) is 20.9. The van der Waals surface area contributed by atoms with Crippen LogP contribution in [-0.2, 0) is 16.8 Å². The summed E-state index contributed by atoms with van der Waals surface area (Å²) in [7, 11) is 0. The van der Waals surface area contributed by atoms with Gasteiger partial charge in [0.2, 0.25) is 0 Å². The molecule has 0 saturated carbocycles. The number of esters is 1. The molecule has 7 nitrogen and oxygen atoms in total. The number of carbonyl (C=O) groups is 1. The van der Waals surface area contributed by atoms with Gasteiger partial charge in [-0.05, 0) is 49.6 Å². The Morgan fingerprint density at radius 3 is 2.26 bits per heavy atom. The Balaban J connectivity index is 0.00000127. The van der Waals surface area contributed by atoms with Gasteiger partial charge in [-0.25, -0.2) is 4.79 Å². The molecule has 1 atom stereocenters. The first-order chi connectivity index (χ1) is 18.9. The Hall–Kier alpha value is -4.00. The van der Waals surface area contributed by atoms with E-state index in [1.165, 1.54) is 0 Å². The lowest BCUT2D eigenvalue weighted by molar-refractivity contribution is 0.0514. The van der Waals surface area contributed by atoms with E-state index in [1.54, 1.807) is 25.4 Å². The third kappa shape index (κ3) is 7.76. The summed E-state index contributed by atoms with van der Waals surface area (Å²) in [6, 6.07) is 19.4. The highest BCUT2D eigenvalue weighted by molar-refractivity contribution is 5.88. The molecule has 7 heteroatoms. The summed E-state index contributed by atoms with van der Waals surface area (Å²) < 4.78 is 16.2. The summed E-state index contributed by atoms with van der Waals surface area (Å²) in [5.41, 5.74) is 3.60. The van der Waals surface area contributed by atoms with Crippen molar-refractivity contribution in [2.75, 3.05) is 6.61 Å². The van der Waals surface area contributed by atoms with Crippen LogP contribution in [0.2, 0.25) is 0 Å². The van der Waals surface area contributed by atoms with Crippen molar-refractivity contribution in [1.29, 1.82) is 0 Å². The highest BCUT2D eigenvalue weighted by Gasteiger charge is 2.34. The van der Waals surface area contributed by atoms with Crippen LogP contribution in [0.15, 0.2) is 77.6 Å². The number of ether oxygens (including phenoxy) is 2. The zero-order chi connectivity index (χ0) is 28.8. The minimum Gasteiger partial charge on any atom is -0.486 e. The van der Waals surface area contributed by atoms with E-state index in [1.807, 2.05) is 70.2 Å². The second-order valence-corrected chi connectivity index (χ2v) is 8.72. The molecular formula is C32H41N3O4. The lowest BCUT2D eigenvalue weighted by atomic mass is 9.70. The van der Waals surface area contributed by atoms with Crippen molar-refractivity contribution in [3.63, 3.8) is 0 Å². The minimum absolute atomic E-state index is 0.160. The molecule has 0 radical (unpaired) electrons. The third-order valence-electron chi connectivity index (χ3n) is 6.30. The Morgan fingerprint density at radius 2 is 1.69 bits per heavy atom. The van der Waals surface area contributed by atoms with Crippen LogP contribution in [0.4, 0.5) is 0 Å². The maximum absolute atomic E-state index is 11.9. The molecule has 208 valence electrons. The minimum atomic E-state index is -0.495. The topological polar surface area (TPSA) is 87.3 Å². The van der Waals surface area contributed by atoms with Crippen LogP contribution in [0.5, 0.6) is 5.75 Å². The number of hydrogen-bond acceptors (Lipinski definition) is 7. The predicted molar refractivity (Wildman–Crippen MR) is 155 cm³/mol. The lowest BCUT2D eigenvalue weighted by Gasteiger charge is -2.34. The number of benzene rings is 1. The molecule has 3 aromatic heterocycles. The Bertz CT molecular complexity index is 1250. The van der Waals surface area contributed by atoms with E-state index in [0.717, 1.165) is 22.5 Å². The highest BCUT2D eigenvalue weighted by atomic mass is 16.5. The number of carbonyl (C=O) groups excluding carboxylic acids is 1. The first-order valence-corrected chi connectivity index (χ1v) is 13.7. The van der Waals surface area contributed by atoms with Gasteiger partial charge in [0.1, 0.15) is 12.4 Å². The lowest BCUT2D eigenvalue weighted by Crippen LogP contribution is -2.31. The van der Waals surface area contributed by atoms with Crippen molar-refractivity contribution < 1.29 is 18.8 Å². The number of pyridine rings is 2. The smallest absolute Gasteiger partial charge is 0.360 e. The van der Waals surface area contributed by atoms with Gasteiger partial charge in [-0.1, -0.05) is 77.0 Å². The molecule has 0 aliphatic heterocycles. The normalized spacial score (nSPS) is 11.8. The van der Waals surface area contributed by atoms with E-state index < -0.39 is 5.97 Å². The quantitative estimate of drug-likeness (QED) is 0.203. The molecule has 0 fully saturated rings. The Kier molecular flexibility index (Phi) is 12.3.